The van der Waals surface area contributed by atoms with Crippen LogP contribution in [-0.4, -0.2) is 37.9 Å². The summed E-state index contributed by atoms with van der Waals surface area (Å²) in [5.41, 5.74) is 0. The van der Waals surface area contributed by atoms with Crippen LogP contribution in [0.15, 0.2) is 24.3 Å². The van der Waals surface area contributed by atoms with Crippen molar-refractivity contribution in [3.05, 3.63) is 24.3 Å². The van der Waals surface area contributed by atoms with E-state index < -0.39 is 6.10 Å². The van der Waals surface area contributed by atoms with E-state index in [1.54, 1.807) is 0 Å². The fraction of sp³-hybridized carbons (Fsp3) is 0.887. The summed E-state index contributed by atoms with van der Waals surface area (Å²) in [5, 5.41) is 0. The zero-order chi connectivity index (χ0) is 42.1. The summed E-state index contributed by atoms with van der Waals surface area (Å²) in [6.45, 7) is 7.82. The van der Waals surface area contributed by atoms with Crippen molar-refractivity contribution in [1.29, 1.82) is 0 Å². The lowest BCUT2D eigenvalue weighted by Crippen LogP contribution is -2.30. The minimum Gasteiger partial charge on any atom is -0.462 e. The third kappa shape index (κ3) is 47.1. The third-order valence-electron chi connectivity index (χ3n) is 11.5. The van der Waals surface area contributed by atoms with Crippen molar-refractivity contribution in [3.63, 3.8) is 0 Å². The van der Waals surface area contributed by atoms with Gasteiger partial charge in [0.25, 0.3) is 0 Å². The monoisotopic (exact) mass is 817 g/mol. The first-order chi connectivity index (χ1) is 28.6. The molecule has 0 saturated heterocycles. The van der Waals surface area contributed by atoms with E-state index in [0.717, 1.165) is 44.9 Å². The number of rotatable bonds is 48. The summed E-state index contributed by atoms with van der Waals surface area (Å²) >= 11 is 0. The number of hydrogen-bond acceptors (Lipinski definition) is 5. The van der Waals surface area contributed by atoms with Gasteiger partial charge in [-0.05, 0) is 64.2 Å². The van der Waals surface area contributed by atoms with E-state index in [0.29, 0.717) is 26.1 Å². The fourth-order valence-corrected chi connectivity index (χ4v) is 7.55. The van der Waals surface area contributed by atoms with Crippen LogP contribution < -0.4 is 0 Å². The Hall–Kier alpha value is -1.62. The summed E-state index contributed by atoms with van der Waals surface area (Å²) in [6, 6.07) is 0. The Morgan fingerprint density at radius 3 is 1.12 bits per heavy atom. The summed E-state index contributed by atoms with van der Waals surface area (Å²) in [5.74, 6) is -0.398. The molecule has 0 heterocycles. The van der Waals surface area contributed by atoms with Crippen LogP contribution in [0.2, 0.25) is 0 Å². The molecule has 0 spiro atoms. The zero-order valence-electron chi connectivity index (χ0n) is 39.3. The third-order valence-corrected chi connectivity index (χ3v) is 11.5. The molecule has 5 nitrogen and oxygen atoms in total. The van der Waals surface area contributed by atoms with Crippen LogP contribution in [0.3, 0.4) is 0 Å². The summed E-state index contributed by atoms with van der Waals surface area (Å²) in [6.07, 6.45) is 57.5. The molecule has 0 aromatic heterocycles. The highest BCUT2D eigenvalue weighted by molar-refractivity contribution is 5.70. The average Bonchev–Trinajstić information content (AvgIpc) is 3.22. The largest absolute Gasteiger partial charge is 0.462 e. The van der Waals surface area contributed by atoms with Crippen LogP contribution in [0.25, 0.3) is 0 Å². The quantitative estimate of drug-likeness (QED) is 0.0348. The van der Waals surface area contributed by atoms with Crippen LogP contribution in [0.1, 0.15) is 278 Å². The highest BCUT2D eigenvalue weighted by Gasteiger charge is 2.17. The molecule has 0 aromatic rings. The Labute approximate surface area is 362 Å². The maximum atomic E-state index is 12.8. The van der Waals surface area contributed by atoms with Crippen LogP contribution in [0.5, 0.6) is 0 Å². The summed E-state index contributed by atoms with van der Waals surface area (Å²) in [4.78, 5) is 25.3. The molecule has 0 aliphatic rings. The van der Waals surface area contributed by atoms with Crippen molar-refractivity contribution in [1.82, 2.24) is 0 Å². The average molecular weight is 817 g/mol. The molecule has 0 aliphatic carbocycles. The first-order valence-electron chi connectivity index (χ1n) is 25.9. The molecule has 58 heavy (non-hydrogen) atoms. The number of esters is 2. The number of carbonyl (C=O) groups excluding carboxylic acids is 2. The Balaban J connectivity index is 4.21. The van der Waals surface area contributed by atoms with Crippen LogP contribution in [0.4, 0.5) is 0 Å². The highest BCUT2D eigenvalue weighted by atomic mass is 16.6. The predicted octanol–water partition coefficient (Wildman–Crippen LogP) is 17.2. The molecular formula is C53H100O5. The van der Waals surface area contributed by atoms with E-state index in [1.165, 1.54) is 199 Å². The molecule has 0 bridgehead atoms. The van der Waals surface area contributed by atoms with Crippen molar-refractivity contribution >= 4 is 11.9 Å². The van der Waals surface area contributed by atoms with Gasteiger partial charge in [0.2, 0.25) is 0 Å². The molecule has 0 radical (unpaired) electrons. The normalized spacial score (nSPS) is 12.3. The maximum Gasteiger partial charge on any atom is 0.306 e. The summed E-state index contributed by atoms with van der Waals surface area (Å²) in [7, 11) is 0. The molecular weight excluding hydrogens is 717 g/mol. The van der Waals surface area contributed by atoms with Crippen molar-refractivity contribution in [2.75, 3.05) is 19.8 Å². The van der Waals surface area contributed by atoms with Gasteiger partial charge in [0, 0.05) is 19.4 Å². The predicted molar refractivity (Wildman–Crippen MR) is 252 cm³/mol. The number of carbonyl (C=O) groups is 2. The molecule has 0 amide bonds. The van der Waals surface area contributed by atoms with Crippen LogP contribution in [-0.2, 0) is 23.8 Å². The number of unbranched alkanes of at least 4 members (excludes halogenated alkanes) is 33. The van der Waals surface area contributed by atoms with E-state index in [-0.39, 0.29) is 18.5 Å². The molecule has 0 saturated carbocycles. The molecule has 0 N–H and O–H groups in total. The molecule has 5 heteroatoms. The number of ether oxygens (including phenoxy) is 3. The van der Waals surface area contributed by atoms with Gasteiger partial charge < -0.3 is 14.2 Å². The van der Waals surface area contributed by atoms with Crippen LogP contribution in [0, 0.1) is 0 Å². The van der Waals surface area contributed by atoms with Gasteiger partial charge in [-0.25, -0.2) is 0 Å². The molecule has 342 valence electrons. The lowest BCUT2D eigenvalue weighted by molar-refractivity contribution is -0.163. The smallest absolute Gasteiger partial charge is 0.306 e. The van der Waals surface area contributed by atoms with Crippen molar-refractivity contribution in [2.45, 2.75) is 284 Å². The highest BCUT2D eigenvalue weighted by Crippen LogP contribution is 2.15. The van der Waals surface area contributed by atoms with Gasteiger partial charge in [0.05, 0.1) is 6.61 Å². The maximum absolute atomic E-state index is 12.8. The first-order valence-corrected chi connectivity index (χ1v) is 25.9. The van der Waals surface area contributed by atoms with Crippen molar-refractivity contribution in [2.24, 2.45) is 0 Å². The fourth-order valence-electron chi connectivity index (χ4n) is 7.55. The second kappa shape index (κ2) is 49.7. The van der Waals surface area contributed by atoms with Gasteiger partial charge in [-0.1, -0.05) is 225 Å². The SMILES string of the molecule is CCCC/C=C\CCCCCCCC(=O)OC[C@@H](COCCCCCCCCCCCCCCCCCC)OC(=O)CCCCCCCCC/C=C\CCCCCC. The van der Waals surface area contributed by atoms with Gasteiger partial charge in [-0.15, -0.1) is 0 Å². The second-order valence-electron chi connectivity index (χ2n) is 17.4. The van der Waals surface area contributed by atoms with Gasteiger partial charge >= 0.3 is 11.9 Å². The minimum atomic E-state index is -0.534. The Morgan fingerprint density at radius 2 is 0.690 bits per heavy atom. The number of hydrogen-bond donors (Lipinski definition) is 0. The van der Waals surface area contributed by atoms with Crippen molar-refractivity contribution in [3.8, 4) is 0 Å². The zero-order valence-corrected chi connectivity index (χ0v) is 39.3. The van der Waals surface area contributed by atoms with Crippen LogP contribution >= 0.6 is 0 Å². The topological polar surface area (TPSA) is 61.8 Å². The minimum absolute atomic E-state index is 0.0853. The summed E-state index contributed by atoms with van der Waals surface area (Å²) < 4.78 is 17.4. The molecule has 0 unspecified atom stereocenters. The lowest BCUT2D eigenvalue weighted by atomic mass is 10.0. The Morgan fingerprint density at radius 1 is 0.362 bits per heavy atom. The standard InChI is InChI=1S/C53H100O5/c1-4-7-10-13-16-19-22-24-26-28-30-33-36-39-42-45-48-56-49-51(50-57-52(54)46-43-40-37-34-31-21-18-15-12-9-6-3)58-53(55)47-44-41-38-35-32-29-27-25-23-20-17-14-11-8-5-2/h15,18,20,23,51H,4-14,16-17,19,21-22,24-50H2,1-3H3/b18-15-,23-20-/t51-/m1/s1. The van der Waals surface area contributed by atoms with Crippen molar-refractivity contribution < 1.29 is 23.8 Å². The Kier molecular flexibility index (Phi) is 48.4. The van der Waals surface area contributed by atoms with E-state index in [1.807, 2.05) is 0 Å². The van der Waals surface area contributed by atoms with E-state index in [9.17, 15) is 9.59 Å². The van der Waals surface area contributed by atoms with Gasteiger partial charge in [0.15, 0.2) is 6.10 Å². The van der Waals surface area contributed by atoms with E-state index >= 15 is 0 Å². The molecule has 0 aromatic carbocycles. The molecule has 0 fully saturated rings. The van der Waals surface area contributed by atoms with Gasteiger partial charge in [0.1, 0.15) is 6.61 Å². The molecule has 1 atom stereocenters. The number of allylic oxidation sites excluding steroid dienone is 4. The molecule has 0 rings (SSSR count). The second-order valence-corrected chi connectivity index (χ2v) is 17.4. The molecule has 0 aliphatic heterocycles. The lowest BCUT2D eigenvalue weighted by Gasteiger charge is -2.18. The van der Waals surface area contributed by atoms with E-state index in [2.05, 4.69) is 45.1 Å². The van der Waals surface area contributed by atoms with E-state index in [4.69, 9.17) is 14.2 Å². The first kappa shape index (κ1) is 56.4. The Bertz CT molecular complexity index is 882. The van der Waals surface area contributed by atoms with Gasteiger partial charge in [-0.2, -0.15) is 0 Å². The van der Waals surface area contributed by atoms with Gasteiger partial charge in [-0.3, -0.25) is 9.59 Å².